The lowest BCUT2D eigenvalue weighted by Gasteiger charge is -2.17. The number of H-pyrrole nitrogens is 1. The number of benzene rings is 3. The zero-order valence-electron chi connectivity index (χ0n) is 17.5. The summed E-state index contributed by atoms with van der Waals surface area (Å²) in [5, 5.41) is 13.6. The number of alkyl carbamates (subject to hydrolysis) is 1. The van der Waals surface area contributed by atoms with Gasteiger partial charge in [0, 0.05) is 34.5 Å². The second-order valence-corrected chi connectivity index (χ2v) is 8.51. The van der Waals surface area contributed by atoms with E-state index in [9.17, 15) is 14.7 Å². The first-order chi connectivity index (χ1) is 16.0. The number of carboxylic acids is 1. The van der Waals surface area contributed by atoms with Crippen LogP contribution < -0.4 is 5.32 Å². The van der Waals surface area contributed by atoms with Gasteiger partial charge in [-0.2, -0.15) is 0 Å². The highest BCUT2D eigenvalue weighted by Crippen LogP contribution is 2.44. The Balaban J connectivity index is 1.28. The maximum atomic E-state index is 12.6. The van der Waals surface area contributed by atoms with Gasteiger partial charge in [-0.25, -0.2) is 9.59 Å². The summed E-state index contributed by atoms with van der Waals surface area (Å²) in [6.07, 6.45) is 1.09. The van der Waals surface area contributed by atoms with Crippen molar-refractivity contribution < 1.29 is 19.4 Å². The number of ether oxygens (including phenoxy) is 1. The highest BCUT2D eigenvalue weighted by atomic mass is 35.5. The summed E-state index contributed by atoms with van der Waals surface area (Å²) >= 11 is 6.02. The Morgan fingerprint density at radius 2 is 1.70 bits per heavy atom. The summed E-state index contributed by atoms with van der Waals surface area (Å²) in [5.41, 5.74) is 6.03. The molecule has 1 heterocycles. The third-order valence-electron chi connectivity index (χ3n) is 6.09. The molecular weight excluding hydrogens is 440 g/mol. The number of amides is 1. The van der Waals surface area contributed by atoms with Gasteiger partial charge in [0.1, 0.15) is 12.6 Å². The molecule has 33 heavy (non-hydrogen) atoms. The molecule has 5 rings (SSSR count). The quantitative estimate of drug-likeness (QED) is 0.361. The Morgan fingerprint density at radius 3 is 2.36 bits per heavy atom. The Bertz CT molecular complexity index is 1320. The molecule has 3 N–H and O–H groups in total. The third-order valence-corrected chi connectivity index (χ3v) is 6.32. The minimum Gasteiger partial charge on any atom is -0.480 e. The van der Waals surface area contributed by atoms with Gasteiger partial charge in [0.15, 0.2) is 0 Å². The Morgan fingerprint density at radius 1 is 1.03 bits per heavy atom. The Labute approximate surface area is 195 Å². The molecule has 0 saturated heterocycles. The van der Waals surface area contributed by atoms with Crippen molar-refractivity contribution in [2.75, 3.05) is 6.61 Å². The molecule has 0 aliphatic heterocycles. The topological polar surface area (TPSA) is 91.4 Å². The fourth-order valence-electron chi connectivity index (χ4n) is 4.53. The number of carbonyl (C=O) groups is 2. The maximum absolute atomic E-state index is 12.6. The number of aromatic nitrogens is 1. The number of hydrogen-bond donors (Lipinski definition) is 3. The van der Waals surface area contributed by atoms with Crippen LogP contribution in [0.5, 0.6) is 0 Å². The van der Waals surface area contributed by atoms with Crippen molar-refractivity contribution in [1.29, 1.82) is 0 Å². The SMILES string of the molecule is O=C(N[C@H](Cc1c[nH]c2cc(Cl)ccc12)C(=O)O)OCC1c2ccccc2-c2ccccc21. The largest absolute Gasteiger partial charge is 0.480 e. The van der Waals surface area contributed by atoms with Gasteiger partial charge in [0.25, 0.3) is 0 Å². The van der Waals surface area contributed by atoms with E-state index in [-0.39, 0.29) is 18.9 Å². The summed E-state index contributed by atoms with van der Waals surface area (Å²) in [7, 11) is 0. The molecule has 1 aromatic heterocycles. The van der Waals surface area contributed by atoms with Crippen LogP contribution in [0, 0.1) is 0 Å². The predicted molar refractivity (Wildman–Crippen MR) is 127 cm³/mol. The number of halogens is 1. The molecule has 0 radical (unpaired) electrons. The van der Waals surface area contributed by atoms with Crippen LogP contribution >= 0.6 is 11.6 Å². The van der Waals surface area contributed by atoms with Crippen LogP contribution in [-0.4, -0.2) is 34.8 Å². The lowest BCUT2D eigenvalue weighted by molar-refractivity contribution is -0.139. The molecule has 0 unspecified atom stereocenters. The molecule has 1 aliphatic carbocycles. The fraction of sp³-hybridized carbons (Fsp3) is 0.154. The molecule has 0 fully saturated rings. The smallest absolute Gasteiger partial charge is 0.407 e. The summed E-state index contributed by atoms with van der Waals surface area (Å²) in [6, 6.07) is 20.3. The van der Waals surface area contributed by atoms with Crippen LogP contribution in [0.3, 0.4) is 0 Å². The molecule has 1 atom stereocenters. The van der Waals surface area contributed by atoms with E-state index in [1.54, 1.807) is 18.3 Å². The lowest BCUT2D eigenvalue weighted by Crippen LogP contribution is -2.42. The van der Waals surface area contributed by atoms with Crippen LogP contribution in [0.2, 0.25) is 5.02 Å². The van der Waals surface area contributed by atoms with Gasteiger partial charge in [-0.1, -0.05) is 66.2 Å². The van der Waals surface area contributed by atoms with Crippen molar-refractivity contribution in [3.8, 4) is 11.1 Å². The normalized spacial score (nSPS) is 13.4. The first-order valence-electron chi connectivity index (χ1n) is 10.6. The molecule has 0 spiro atoms. The van der Waals surface area contributed by atoms with Gasteiger partial charge in [-0.15, -0.1) is 0 Å². The molecule has 3 aromatic carbocycles. The number of aliphatic carboxylic acids is 1. The fourth-order valence-corrected chi connectivity index (χ4v) is 4.70. The molecule has 6 nitrogen and oxygen atoms in total. The van der Waals surface area contributed by atoms with Crippen molar-refractivity contribution in [1.82, 2.24) is 10.3 Å². The van der Waals surface area contributed by atoms with Crippen LogP contribution in [-0.2, 0) is 16.0 Å². The van der Waals surface area contributed by atoms with Crippen LogP contribution in [0.1, 0.15) is 22.6 Å². The molecular formula is C26H21ClN2O4. The predicted octanol–water partition coefficient (Wildman–Crippen LogP) is 5.36. The van der Waals surface area contributed by atoms with E-state index >= 15 is 0 Å². The molecule has 166 valence electrons. The second kappa shape index (κ2) is 8.64. The summed E-state index contributed by atoms with van der Waals surface area (Å²) in [5.74, 6) is -1.23. The molecule has 0 bridgehead atoms. The average molecular weight is 461 g/mol. The first kappa shape index (κ1) is 21.1. The van der Waals surface area contributed by atoms with Crippen LogP contribution in [0.15, 0.2) is 72.9 Å². The molecule has 1 aliphatic rings. The van der Waals surface area contributed by atoms with Crippen molar-refractivity contribution in [3.63, 3.8) is 0 Å². The van der Waals surface area contributed by atoms with E-state index in [1.807, 2.05) is 42.5 Å². The summed E-state index contributed by atoms with van der Waals surface area (Å²) < 4.78 is 5.50. The average Bonchev–Trinajstić information content (AvgIpc) is 3.35. The lowest BCUT2D eigenvalue weighted by atomic mass is 9.98. The highest BCUT2D eigenvalue weighted by Gasteiger charge is 2.30. The number of carbonyl (C=O) groups excluding carboxylic acids is 1. The monoisotopic (exact) mass is 460 g/mol. The van der Waals surface area contributed by atoms with Crippen molar-refractivity contribution >= 4 is 34.6 Å². The van der Waals surface area contributed by atoms with Crippen LogP contribution in [0.4, 0.5) is 4.79 Å². The minimum atomic E-state index is -1.13. The van der Waals surface area contributed by atoms with Crippen molar-refractivity contribution in [2.45, 2.75) is 18.4 Å². The van der Waals surface area contributed by atoms with E-state index in [2.05, 4.69) is 22.4 Å². The number of aromatic amines is 1. The third kappa shape index (κ3) is 4.05. The van der Waals surface area contributed by atoms with E-state index in [0.717, 1.165) is 38.7 Å². The van der Waals surface area contributed by atoms with Crippen molar-refractivity contribution in [2.24, 2.45) is 0 Å². The van der Waals surface area contributed by atoms with Gasteiger partial charge in [-0.3, -0.25) is 0 Å². The standard InChI is InChI=1S/C26H21ClN2O4/c27-16-9-10-17-15(13-28-23(17)12-16)11-24(25(30)31)29-26(32)33-14-22-20-7-3-1-5-18(20)19-6-2-4-8-21(19)22/h1-10,12-13,22,24,28H,11,14H2,(H,29,32)(H,30,31)/t24-/m1/s1. The van der Waals surface area contributed by atoms with E-state index in [4.69, 9.17) is 16.3 Å². The number of hydrogen-bond acceptors (Lipinski definition) is 3. The van der Waals surface area contributed by atoms with E-state index in [0.29, 0.717) is 5.02 Å². The molecule has 1 amide bonds. The van der Waals surface area contributed by atoms with Gasteiger partial charge < -0.3 is 20.1 Å². The number of nitrogens with one attached hydrogen (secondary N) is 2. The first-order valence-corrected chi connectivity index (χ1v) is 11.0. The van der Waals surface area contributed by atoms with E-state index in [1.165, 1.54) is 0 Å². The van der Waals surface area contributed by atoms with Gasteiger partial charge in [-0.05, 0) is 39.9 Å². The highest BCUT2D eigenvalue weighted by molar-refractivity contribution is 6.31. The molecule has 7 heteroatoms. The van der Waals surface area contributed by atoms with Crippen molar-refractivity contribution in [3.05, 3.63) is 94.6 Å². The number of carboxylic acid groups (broad SMARTS) is 1. The minimum absolute atomic E-state index is 0.0928. The summed E-state index contributed by atoms with van der Waals surface area (Å²) in [4.78, 5) is 27.5. The zero-order chi connectivity index (χ0) is 22.9. The van der Waals surface area contributed by atoms with Crippen LogP contribution in [0.25, 0.3) is 22.0 Å². The maximum Gasteiger partial charge on any atom is 0.407 e. The second-order valence-electron chi connectivity index (χ2n) is 8.07. The van der Waals surface area contributed by atoms with Gasteiger partial charge >= 0.3 is 12.1 Å². The Hall–Kier alpha value is -3.77. The Kier molecular flexibility index (Phi) is 5.52. The number of rotatable bonds is 6. The molecule has 0 saturated carbocycles. The molecule has 4 aromatic rings. The summed E-state index contributed by atoms with van der Waals surface area (Å²) in [6.45, 7) is 0.123. The van der Waals surface area contributed by atoms with Gasteiger partial charge in [0.2, 0.25) is 0 Å². The zero-order valence-corrected chi connectivity index (χ0v) is 18.3. The number of fused-ring (bicyclic) bond motifs is 4. The van der Waals surface area contributed by atoms with E-state index < -0.39 is 18.1 Å². The van der Waals surface area contributed by atoms with Gasteiger partial charge in [0.05, 0.1) is 0 Å².